The molecular weight excluding hydrogens is 388 g/mol. The summed E-state index contributed by atoms with van der Waals surface area (Å²) in [5, 5.41) is 2.25. The average molecular weight is 413 g/mol. The topological polar surface area (TPSA) is 90.5 Å². The quantitative estimate of drug-likeness (QED) is 0.635. The summed E-state index contributed by atoms with van der Waals surface area (Å²) in [5.74, 6) is -1.05. The normalized spacial score (nSPS) is 15.1. The second kappa shape index (κ2) is 9.47. The Morgan fingerprint density at radius 1 is 1.03 bits per heavy atom. The first-order valence-corrected chi connectivity index (χ1v) is 10.4. The fraction of sp³-hybridized carbons (Fsp3) is 0.286. The van der Waals surface area contributed by atoms with Gasteiger partial charge in [0.1, 0.15) is 0 Å². The molecule has 29 heavy (non-hydrogen) atoms. The summed E-state index contributed by atoms with van der Waals surface area (Å²) in [5.41, 5.74) is 7.03. The third-order valence-corrected chi connectivity index (χ3v) is 5.93. The summed E-state index contributed by atoms with van der Waals surface area (Å²) in [4.78, 5) is 39.7. The van der Waals surface area contributed by atoms with Crippen LogP contribution in [0.15, 0.2) is 53.4 Å². The van der Waals surface area contributed by atoms with Crippen LogP contribution in [0, 0.1) is 0 Å². The van der Waals surface area contributed by atoms with Crippen LogP contribution in [0.5, 0.6) is 0 Å². The lowest BCUT2D eigenvalue weighted by Gasteiger charge is -2.23. The van der Waals surface area contributed by atoms with E-state index in [4.69, 9.17) is 0 Å². The highest BCUT2D eigenvalue weighted by molar-refractivity contribution is 8.01. The van der Waals surface area contributed by atoms with Crippen molar-refractivity contribution < 1.29 is 14.4 Å². The lowest BCUT2D eigenvalue weighted by atomic mass is 10.2. The zero-order valence-corrected chi connectivity index (χ0v) is 17.2. The molecule has 0 aromatic heterocycles. The van der Waals surface area contributed by atoms with Crippen LogP contribution in [0.3, 0.4) is 0 Å². The molecule has 0 saturated carbocycles. The van der Waals surface area contributed by atoms with Gasteiger partial charge in [0.2, 0.25) is 11.8 Å². The molecule has 0 unspecified atom stereocenters. The summed E-state index contributed by atoms with van der Waals surface area (Å²) in [7, 11) is 0. The average Bonchev–Trinajstić information content (AvgIpc) is 2.74. The molecule has 1 aliphatic rings. The number of hydrazine groups is 1. The zero-order valence-electron chi connectivity index (χ0n) is 16.4. The van der Waals surface area contributed by atoms with Gasteiger partial charge < -0.3 is 10.2 Å². The lowest BCUT2D eigenvalue weighted by Crippen LogP contribution is -2.44. The third-order valence-electron chi connectivity index (χ3n) is 4.65. The van der Waals surface area contributed by atoms with E-state index in [1.807, 2.05) is 36.4 Å². The minimum Gasteiger partial charge on any atom is -0.372 e. The van der Waals surface area contributed by atoms with Crippen molar-refractivity contribution in [3.63, 3.8) is 0 Å². The SMILES string of the molecule is CCN(CC)c1ccc(C(=O)NNC(=O)C[C@H]2Sc3ccccc3NC2=O)cc1. The van der Waals surface area contributed by atoms with Crippen molar-refractivity contribution in [1.29, 1.82) is 0 Å². The highest BCUT2D eigenvalue weighted by Gasteiger charge is 2.28. The van der Waals surface area contributed by atoms with Gasteiger partial charge in [-0.1, -0.05) is 12.1 Å². The van der Waals surface area contributed by atoms with Crippen molar-refractivity contribution in [2.24, 2.45) is 0 Å². The Bertz CT molecular complexity index is 897. The number of anilines is 2. The van der Waals surface area contributed by atoms with E-state index in [1.165, 1.54) is 11.8 Å². The molecule has 2 aromatic rings. The minimum absolute atomic E-state index is 0.0357. The van der Waals surface area contributed by atoms with E-state index in [2.05, 4.69) is 34.9 Å². The van der Waals surface area contributed by atoms with Crippen molar-refractivity contribution >= 4 is 40.9 Å². The van der Waals surface area contributed by atoms with Gasteiger partial charge in [0.25, 0.3) is 5.91 Å². The fourth-order valence-corrected chi connectivity index (χ4v) is 4.17. The number of fused-ring (bicyclic) bond motifs is 1. The number of nitrogens with zero attached hydrogens (tertiary/aromatic N) is 1. The molecule has 152 valence electrons. The summed E-state index contributed by atoms with van der Waals surface area (Å²) in [6.07, 6.45) is -0.0357. The molecule has 3 N–H and O–H groups in total. The standard InChI is InChI=1S/C21H24N4O3S/c1-3-25(4-2)15-11-9-14(10-12-15)20(27)24-23-19(26)13-18-21(28)22-16-7-5-6-8-17(16)29-18/h5-12,18H,3-4,13H2,1-2H3,(H,22,28)(H,23,26)(H,24,27)/t18-/m1/s1. The molecule has 1 atom stereocenters. The van der Waals surface area contributed by atoms with Gasteiger partial charge >= 0.3 is 0 Å². The monoisotopic (exact) mass is 412 g/mol. The molecule has 3 amide bonds. The molecule has 0 saturated heterocycles. The second-order valence-electron chi connectivity index (χ2n) is 6.52. The fourth-order valence-electron chi connectivity index (χ4n) is 3.06. The Balaban J connectivity index is 1.51. The number of hydrogen-bond acceptors (Lipinski definition) is 5. The van der Waals surface area contributed by atoms with Crippen LogP contribution in [-0.4, -0.2) is 36.1 Å². The van der Waals surface area contributed by atoms with Crippen LogP contribution in [-0.2, 0) is 9.59 Å². The molecule has 0 aliphatic carbocycles. The Morgan fingerprint density at radius 3 is 2.41 bits per heavy atom. The Kier molecular flexibility index (Phi) is 6.77. The molecule has 8 heteroatoms. The maximum atomic E-state index is 12.3. The van der Waals surface area contributed by atoms with Crippen molar-refractivity contribution in [3.8, 4) is 0 Å². The van der Waals surface area contributed by atoms with Crippen LogP contribution in [0.4, 0.5) is 11.4 Å². The van der Waals surface area contributed by atoms with Gasteiger partial charge in [0.05, 0.1) is 10.9 Å². The number of hydrogen-bond donors (Lipinski definition) is 3. The van der Waals surface area contributed by atoms with E-state index in [9.17, 15) is 14.4 Å². The number of thioether (sulfide) groups is 1. The predicted molar refractivity (Wildman–Crippen MR) is 115 cm³/mol. The van der Waals surface area contributed by atoms with Crippen LogP contribution < -0.4 is 21.1 Å². The van der Waals surface area contributed by atoms with Gasteiger partial charge in [0.15, 0.2) is 0 Å². The van der Waals surface area contributed by atoms with Gasteiger partial charge in [0, 0.05) is 35.7 Å². The Hall–Kier alpha value is -3.00. The molecule has 3 rings (SSSR count). The number of rotatable bonds is 6. The number of carbonyl (C=O) groups excluding carboxylic acids is 3. The lowest BCUT2D eigenvalue weighted by molar-refractivity contribution is -0.124. The molecule has 2 aromatic carbocycles. The highest BCUT2D eigenvalue weighted by atomic mass is 32.2. The predicted octanol–water partition coefficient (Wildman–Crippen LogP) is 2.80. The number of para-hydroxylation sites is 1. The van der Waals surface area contributed by atoms with E-state index >= 15 is 0 Å². The Labute approximate surface area is 174 Å². The van der Waals surface area contributed by atoms with E-state index in [0.717, 1.165) is 29.4 Å². The summed E-state index contributed by atoms with van der Waals surface area (Å²) < 4.78 is 0. The summed E-state index contributed by atoms with van der Waals surface area (Å²) in [6.45, 7) is 5.91. The Morgan fingerprint density at radius 2 is 1.72 bits per heavy atom. The van der Waals surface area contributed by atoms with Crippen molar-refractivity contribution in [1.82, 2.24) is 10.9 Å². The van der Waals surface area contributed by atoms with E-state index < -0.39 is 17.1 Å². The van der Waals surface area contributed by atoms with E-state index in [1.54, 1.807) is 12.1 Å². The second-order valence-corrected chi connectivity index (χ2v) is 7.76. The van der Waals surface area contributed by atoms with E-state index in [0.29, 0.717) is 5.56 Å². The summed E-state index contributed by atoms with van der Waals surface area (Å²) >= 11 is 1.34. The molecular formula is C21H24N4O3S. The van der Waals surface area contributed by atoms with Gasteiger partial charge in [-0.2, -0.15) is 0 Å². The number of benzene rings is 2. The first kappa shape index (κ1) is 20.7. The van der Waals surface area contributed by atoms with Gasteiger partial charge in [-0.15, -0.1) is 11.8 Å². The van der Waals surface area contributed by atoms with Gasteiger partial charge in [-0.25, -0.2) is 0 Å². The minimum atomic E-state index is -0.546. The van der Waals surface area contributed by atoms with Crippen molar-refractivity contribution in [3.05, 3.63) is 54.1 Å². The number of amides is 3. The molecule has 0 bridgehead atoms. The molecule has 7 nitrogen and oxygen atoms in total. The van der Waals surface area contributed by atoms with Gasteiger partial charge in [-0.05, 0) is 50.2 Å². The largest absolute Gasteiger partial charge is 0.372 e. The first-order valence-electron chi connectivity index (χ1n) is 9.52. The maximum absolute atomic E-state index is 12.3. The van der Waals surface area contributed by atoms with E-state index in [-0.39, 0.29) is 12.3 Å². The zero-order chi connectivity index (χ0) is 20.8. The van der Waals surface area contributed by atoms with Crippen LogP contribution >= 0.6 is 11.8 Å². The van der Waals surface area contributed by atoms with Gasteiger partial charge in [-0.3, -0.25) is 25.2 Å². The van der Waals surface area contributed by atoms with Crippen molar-refractivity contribution in [2.45, 2.75) is 30.4 Å². The van der Waals surface area contributed by atoms with Crippen LogP contribution in [0.1, 0.15) is 30.6 Å². The summed E-state index contributed by atoms with van der Waals surface area (Å²) in [6, 6.07) is 14.6. The number of carbonyl (C=O) groups is 3. The number of nitrogens with one attached hydrogen (secondary N) is 3. The van der Waals surface area contributed by atoms with Crippen LogP contribution in [0.2, 0.25) is 0 Å². The molecule has 1 heterocycles. The molecule has 0 spiro atoms. The third kappa shape index (κ3) is 5.08. The first-order chi connectivity index (χ1) is 14.0. The maximum Gasteiger partial charge on any atom is 0.269 e. The van der Waals surface area contributed by atoms with Crippen molar-refractivity contribution in [2.75, 3.05) is 23.3 Å². The smallest absolute Gasteiger partial charge is 0.269 e. The molecule has 0 radical (unpaired) electrons. The molecule has 0 fully saturated rings. The molecule has 1 aliphatic heterocycles. The highest BCUT2D eigenvalue weighted by Crippen LogP contribution is 2.36. The van der Waals surface area contributed by atoms with Crippen LogP contribution in [0.25, 0.3) is 0 Å².